The van der Waals surface area contributed by atoms with Gasteiger partial charge < -0.3 is 14.2 Å². The minimum Gasteiger partial charge on any atom is -0.462 e. The average molecular weight is 1000 g/mol. The molecule has 0 aliphatic rings. The molecule has 0 aromatic carbocycles. The fraction of sp³-hybridized carbons (Fsp3) is 0.892. The summed E-state index contributed by atoms with van der Waals surface area (Å²) in [6.45, 7) is 6.62. The number of allylic oxidation sites excluding steroid dienone is 4. The van der Waals surface area contributed by atoms with Crippen molar-refractivity contribution in [3.8, 4) is 0 Å². The third kappa shape index (κ3) is 58.7. The Balaban J connectivity index is 4.07. The Bertz CT molecular complexity index is 1150. The van der Waals surface area contributed by atoms with Crippen molar-refractivity contribution in [1.29, 1.82) is 0 Å². The molecular formula is C65H122O6. The van der Waals surface area contributed by atoms with Gasteiger partial charge in [-0.25, -0.2) is 0 Å². The largest absolute Gasteiger partial charge is 0.462 e. The van der Waals surface area contributed by atoms with E-state index in [1.54, 1.807) is 0 Å². The lowest BCUT2D eigenvalue weighted by Crippen LogP contribution is -2.30. The third-order valence-corrected chi connectivity index (χ3v) is 14.4. The maximum absolute atomic E-state index is 12.8. The molecule has 0 saturated carbocycles. The summed E-state index contributed by atoms with van der Waals surface area (Å²) in [6.07, 6.45) is 72.1. The van der Waals surface area contributed by atoms with E-state index in [-0.39, 0.29) is 31.1 Å². The van der Waals surface area contributed by atoms with Crippen LogP contribution in [0.2, 0.25) is 0 Å². The first-order chi connectivity index (χ1) is 35.0. The molecule has 0 fully saturated rings. The molecule has 0 spiro atoms. The molecule has 0 bridgehead atoms. The summed E-state index contributed by atoms with van der Waals surface area (Å²) in [5.74, 6) is -0.872. The summed E-state index contributed by atoms with van der Waals surface area (Å²) in [6, 6.07) is 0. The Labute approximate surface area is 443 Å². The third-order valence-electron chi connectivity index (χ3n) is 14.4. The van der Waals surface area contributed by atoms with Gasteiger partial charge in [0, 0.05) is 19.3 Å². The second kappa shape index (κ2) is 60.4. The van der Waals surface area contributed by atoms with Crippen LogP contribution in [-0.2, 0) is 28.6 Å². The van der Waals surface area contributed by atoms with E-state index in [4.69, 9.17) is 14.2 Å². The van der Waals surface area contributed by atoms with Gasteiger partial charge in [0.15, 0.2) is 6.10 Å². The van der Waals surface area contributed by atoms with Gasteiger partial charge in [-0.2, -0.15) is 0 Å². The molecule has 1 atom stereocenters. The summed E-state index contributed by atoms with van der Waals surface area (Å²) in [4.78, 5) is 38.1. The monoisotopic (exact) mass is 999 g/mol. The van der Waals surface area contributed by atoms with Crippen molar-refractivity contribution in [2.75, 3.05) is 13.2 Å². The normalized spacial score (nSPS) is 12.1. The minimum absolute atomic E-state index is 0.0730. The van der Waals surface area contributed by atoms with Crippen molar-refractivity contribution >= 4 is 17.9 Å². The van der Waals surface area contributed by atoms with Gasteiger partial charge in [-0.1, -0.05) is 295 Å². The number of hydrogen-bond donors (Lipinski definition) is 0. The van der Waals surface area contributed by atoms with Gasteiger partial charge in [-0.05, 0) is 64.2 Å². The lowest BCUT2D eigenvalue weighted by atomic mass is 10.0. The summed E-state index contributed by atoms with van der Waals surface area (Å²) < 4.78 is 16.9. The van der Waals surface area contributed by atoms with Crippen LogP contribution < -0.4 is 0 Å². The van der Waals surface area contributed by atoms with Crippen molar-refractivity contribution in [1.82, 2.24) is 0 Å². The maximum atomic E-state index is 12.8. The number of hydrogen-bond acceptors (Lipinski definition) is 6. The van der Waals surface area contributed by atoms with Gasteiger partial charge in [-0.3, -0.25) is 14.4 Å². The summed E-state index contributed by atoms with van der Waals surface area (Å²) in [5.41, 5.74) is 0. The van der Waals surface area contributed by atoms with E-state index in [0.717, 1.165) is 70.6 Å². The standard InChI is InChI=1S/C65H122O6/c1-4-7-10-13-16-19-22-24-25-26-27-28-29-30-31-32-33-34-35-36-37-38-39-41-43-46-49-52-55-58-64(67)70-61-62(60-69-63(66)57-54-51-48-45-42-21-18-15-12-9-6-3)71-65(68)59-56-53-50-47-44-40-23-20-17-14-11-8-5-2/h15,18,20,23,62H,4-14,16-17,19,21-22,24-61H2,1-3H3/b18-15-,23-20-. The van der Waals surface area contributed by atoms with Crippen molar-refractivity contribution in [3.63, 3.8) is 0 Å². The quantitative estimate of drug-likeness (QED) is 0.0261. The van der Waals surface area contributed by atoms with Crippen molar-refractivity contribution in [2.45, 2.75) is 361 Å². The molecule has 6 heteroatoms. The van der Waals surface area contributed by atoms with Crippen LogP contribution in [0, 0.1) is 0 Å². The molecule has 71 heavy (non-hydrogen) atoms. The number of esters is 3. The highest BCUT2D eigenvalue weighted by molar-refractivity contribution is 5.71. The summed E-state index contributed by atoms with van der Waals surface area (Å²) >= 11 is 0. The number of carbonyl (C=O) groups excluding carboxylic acids is 3. The minimum atomic E-state index is -0.775. The highest BCUT2D eigenvalue weighted by Crippen LogP contribution is 2.18. The van der Waals surface area contributed by atoms with Crippen LogP contribution in [-0.4, -0.2) is 37.2 Å². The smallest absolute Gasteiger partial charge is 0.306 e. The van der Waals surface area contributed by atoms with E-state index in [2.05, 4.69) is 45.1 Å². The lowest BCUT2D eigenvalue weighted by Gasteiger charge is -2.18. The molecule has 0 aromatic heterocycles. The molecular weight excluding hydrogens is 877 g/mol. The lowest BCUT2D eigenvalue weighted by molar-refractivity contribution is -0.167. The van der Waals surface area contributed by atoms with Crippen LogP contribution in [0.25, 0.3) is 0 Å². The molecule has 6 nitrogen and oxygen atoms in total. The molecule has 418 valence electrons. The number of ether oxygens (including phenoxy) is 3. The molecule has 0 amide bonds. The van der Waals surface area contributed by atoms with Crippen LogP contribution in [0.15, 0.2) is 24.3 Å². The fourth-order valence-electron chi connectivity index (χ4n) is 9.60. The molecule has 0 heterocycles. The highest BCUT2D eigenvalue weighted by Gasteiger charge is 2.19. The molecule has 1 unspecified atom stereocenters. The zero-order valence-corrected chi connectivity index (χ0v) is 48.0. The molecule has 0 radical (unpaired) electrons. The highest BCUT2D eigenvalue weighted by atomic mass is 16.6. The van der Waals surface area contributed by atoms with Crippen LogP contribution in [0.3, 0.4) is 0 Å². The van der Waals surface area contributed by atoms with E-state index < -0.39 is 6.10 Å². The van der Waals surface area contributed by atoms with Crippen LogP contribution >= 0.6 is 0 Å². The number of carbonyl (C=O) groups is 3. The summed E-state index contributed by atoms with van der Waals surface area (Å²) in [5, 5.41) is 0. The number of unbranched alkanes of at least 4 members (excludes halogenated alkanes) is 44. The zero-order chi connectivity index (χ0) is 51.4. The van der Waals surface area contributed by atoms with Gasteiger partial charge in [0.05, 0.1) is 0 Å². The van der Waals surface area contributed by atoms with Crippen molar-refractivity contribution in [2.24, 2.45) is 0 Å². The second-order valence-corrected chi connectivity index (χ2v) is 21.7. The number of rotatable bonds is 59. The first-order valence-electron chi connectivity index (χ1n) is 31.8. The van der Waals surface area contributed by atoms with E-state index in [0.29, 0.717) is 19.3 Å². The molecule has 0 saturated heterocycles. The maximum Gasteiger partial charge on any atom is 0.306 e. The Hall–Kier alpha value is -2.11. The summed E-state index contributed by atoms with van der Waals surface area (Å²) in [7, 11) is 0. The second-order valence-electron chi connectivity index (χ2n) is 21.7. The van der Waals surface area contributed by atoms with Gasteiger partial charge in [-0.15, -0.1) is 0 Å². The first kappa shape index (κ1) is 68.9. The predicted molar refractivity (Wildman–Crippen MR) is 307 cm³/mol. The molecule has 0 aliphatic carbocycles. The predicted octanol–water partition coefficient (Wildman–Crippen LogP) is 21.4. The van der Waals surface area contributed by atoms with Gasteiger partial charge in [0.1, 0.15) is 13.2 Å². The Morgan fingerprint density at radius 1 is 0.268 bits per heavy atom. The Morgan fingerprint density at radius 2 is 0.479 bits per heavy atom. The van der Waals surface area contributed by atoms with E-state index >= 15 is 0 Å². The average Bonchev–Trinajstić information content (AvgIpc) is 3.37. The van der Waals surface area contributed by atoms with Crippen LogP contribution in [0.5, 0.6) is 0 Å². The molecule has 0 rings (SSSR count). The Morgan fingerprint density at radius 3 is 0.761 bits per heavy atom. The van der Waals surface area contributed by atoms with Gasteiger partial charge >= 0.3 is 17.9 Å². The van der Waals surface area contributed by atoms with Gasteiger partial charge in [0.25, 0.3) is 0 Å². The molecule has 0 aromatic rings. The van der Waals surface area contributed by atoms with E-state index in [1.165, 1.54) is 244 Å². The molecule has 0 aliphatic heterocycles. The van der Waals surface area contributed by atoms with E-state index in [9.17, 15) is 14.4 Å². The van der Waals surface area contributed by atoms with Crippen LogP contribution in [0.1, 0.15) is 355 Å². The zero-order valence-electron chi connectivity index (χ0n) is 48.0. The van der Waals surface area contributed by atoms with Gasteiger partial charge in [0.2, 0.25) is 0 Å². The van der Waals surface area contributed by atoms with Crippen molar-refractivity contribution in [3.05, 3.63) is 24.3 Å². The SMILES string of the molecule is CCCC/C=C\CCCCCCCC(=O)OCC(COC(=O)CCCCCCCCCCCCCCCCCCCCCCCCCCCCCCC)OC(=O)CCCCCCC/C=C\CCCCCC. The topological polar surface area (TPSA) is 78.9 Å². The van der Waals surface area contributed by atoms with E-state index in [1.807, 2.05) is 0 Å². The first-order valence-corrected chi connectivity index (χ1v) is 31.8. The fourth-order valence-corrected chi connectivity index (χ4v) is 9.60. The molecule has 0 N–H and O–H groups in total. The van der Waals surface area contributed by atoms with Crippen LogP contribution in [0.4, 0.5) is 0 Å². The van der Waals surface area contributed by atoms with Crippen molar-refractivity contribution < 1.29 is 28.6 Å². The Kier molecular flexibility index (Phi) is 58.6.